The number of nitrogens with one attached hydrogen (secondary N) is 2. The minimum atomic E-state index is -0.966. The van der Waals surface area contributed by atoms with E-state index in [1.807, 2.05) is 29.2 Å². The molecule has 3 aromatic rings. The number of hydrogen-bond acceptors (Lipinski definition) is 10. The first-order valence-corrected chi connectivity index (χ1v) is 21.8. The van der Waals surface area contributed by atoms with E-state index in [1.165, 1.54) is 0 Å². The quantitative estimate of drug-likeness (QED) is 0.315. The van der Waals surface area contributed by atoms with E-state index >= 15 is 0 Å². The summed E-state index contributed by atoms with van der Waals surface area (Å²) in [6, 6.07) is 17.5. The van der Waals surface area contributed by atoms with E-state index in [-0.39, 0.29) is 47.0 Å². The van der Waals surface area contributed by atoms with E-state index in [4.69, 9.17) is 21.6 Å². The van der Waals surface area contributed by atoms with Crippen molar-refractivity contribution in [3.8, 4) is 11.8 Å². The van der Waals surface area contributed by atoms with Crippen LogP contribution in [0.3, 0.4) is 0 Å². The minimum Gasteiger partial charge on any atom is -0.489 e. The molecule has 62 heavy (non-hydrogen) atoms. The van der Waals surface area contributed by atoms with Gasteiger partial charge in [-0.3, -0.25) is 43.9 Å². The topological polar surface area (TPSA) is 172 Å². The molecule has 5 fully saturated rings. The summed E-state index contributed by atoms with van der Waals surface area (Å²) >= 11 is 6.01. The van der Waals surface area contributed by atoms with Crippen LogP contribution in [-0.4, -0.2) is 108 Å². The maximum absolute atomic E-state index is 13.2. The average molecular weight is 860 g/mol. The van der Waals surface area contributed by atoms with Crippen molar-refractivity contribution in [3.63, 3.8) is 0 Å². The van der Waals surface area contributed by atoms with Gasteiger partial charge in [0.25, 0.3) is 23.6 Å². The molecule has 5 aliphatic heterocycles. The van der Waals surface area contributed by atoms with Gasteiger partial charge in [0.1, 0.15) is 24.0 Å². The van der Waals surface area contributed by atoms with Gasteiger partial charge in [-0.1, -0.05) is 39.3 Å². The maximum Gasteiger partial charge on any atom is 0.262 e. The molecule has 322 valence electrons. The summed E-state index contributed by atoms with van der Waals surface area (Å²) in [7, 11) is 0. The van der Waals surface area contributed by atoms with Crippen molar-refractivity contribution in [3.05, 3.63) is 93.0 Å². The molecule has 1 atom stereocenters. The lowest BCUT2D eigenvalue weighted by Gasteiger charge is -2.62. The van der Waals surface area contributed by atoms with Gasteiger partial charge in [-0.15, -0.1) is 0 Å². The summed E-state index contributed by atoms with van der Waals surface area (Å²) in [4.78, 5) is 82.7. The number of piperidine rings is 1. The highest BCUT2D eigenvalue weighted by molar-refractivity contribution is 6.31. The van der Waals surface area contributed by atoms with Crippen LogP contribution in [0.25, 0.3) is 0 Å². The van der Waals surface area contributed by atoms with Gasteiger partial charge >= 0.3 is 0 Å². The summed E-state index contributed by atoms with van der Waals surface area (Å²) in [5.41, 5.74) is 4.74. The molecule has 5 heterocycles. The van der Waals surface area contributed by atoms with E-state index in [0.717, 1.165) is 67.3 Å². The Morgan fingerprint density at radius 3 is 2.21 bits per heavy atom. The van der Waals surface area contributed by atoms with Crippen LogP contribution in [-0.2, 0) is 16.1 Å². The third kappa shape index (κ3) is 7.28. The summed E-state index contributed by atoms with van der Waals surface area (Å²) in [6.07, 6.45) is 3.74. The number of imide groups is 2. The molecule has 7 aliphatic rings. The van der Waals surface area contributed by atoms with Crippen LogP contribution < -0.4 is 20.3 Å². The first kappa shape index (κ1) is 41.6. The molecule has 0 aromatic heterocycles. The van der Waals surface area contributed by atoms with E-state index in [1.54, 1.807) is 36.4 Å². The highest BCUT2D eigenvalue weighted by Crippen LogP contribution is 2.55. The predicted octanol–water partition coefficient (Wildman–Crippen LogP) is 5.17. The second kappa shape index (κ2) is 15.2. The number of carbonyl (C=O) groups excluding carboxylic acids is 6. The molecule has 6 amide bonds. The Hall–Kier alpha value is -5.78. The number of ether oxygens (including phenoxy) is 1. The standard InChI is InChI=1S/C32H32N6O6.C15H18ClNO/c39-26-6-5-25(28(41)34-26)38-30(43)23-4-2-20(12-24(23)31(38)44)37-16-32(17-37)13-21(14-32)35-7-9-36(10-8-35)29(42)18-1-3-22-19(11-18)15-33-27(22)40;1-14(2)9-15(3,4)13(14)18-11-6-5-10(8-17)12(16)7-11/h1-4,11-12,21,25H,5-10,13-17H2,(H,33,40)(H,34,39,41);5-7,13H,9H2,1-4H3. The number of fused-ring (bicyclic) bond motifs is 2. The largest absolute Gasteiger partial charge is 0.489 e. The number of carbonyl (C=O) groups is 6. The van der Waals surface area contributed by atoms with Crippen LogP contribution in [0.4, 0.5) is 5.69 Å². The van der Waals surface area contributed by atoms with E-state index < -0.39 is 29.7 Å². The molecule has 3 aromatic carbocycles. The lowest BCUT2D eigenvalue weighted by molar-refractivity contribution is -0.136. The molecule has 10 rings (SSSR count). The monoisotopic (exact) mass is 859 g/mol. The molecule has 2 saturated carbocycles. The van der Waals surface area contributed by atoms with Gasteiger partial charge in [-0.2, -0.15) is 5.26 Å². The van der Waals surface area contributed by atoms with Crippen LogP contribution in [0.1, 0.15) is 112 Å². The van der Waals surface area contributed by atoms with Crippen molar-refractivity contribution in [1.29, 1.82) is 5.26 Å². The number of hydrogen-bond donors (Lipinski definition) is 2. The average Bonchev–Trinajstić information content (AvgIpc) is 3.70. The van der Waals surface area contributed by atoms with Crippen LogP contribution in [0.2, 0.25) is 5.02 Å². The summed E-state index contributed by atoms with van der Waals surface area (Å²) < 4.78 is 6.07. The van der Waals surface area contributed by atoms with Gasteiger partial charge in [0.05, 0.1) is 21.7 Å². The lowest BCUT2D eigenvalue weighted by atomic mass is 9.53. The van der Waals surface area contributed by atoms with Crippen LogP contribution >= 0.6 is 11.6 Å². The second-order valence-corrected chi connectivity index (χ2v) is 19.8. The summed E-state index contributed by atoms with van der Waals surface area (Å²) in [5, 5.41) is 14.3. The van der Waals surface area contributed by atoms with Gasteiger partial charge in [0.2, 0.25) is 11.8 Å². The third-order valence-electron chi connectivity index (χ3n) is 14.0. The molecule has 1 unspecified atom stereocenters. The number of piperazine rings is 1. The number of halogens is 1. The second-order valence-electron chi connectivity index (χ2n) is 19.4. The summed E-state index contributed by atoms with van der Waals surface area (Å²) in [5.74, 6) is -1.30. The van der Waals surface area contributed by atoms with Gasteiger partial charge in [0.15, 0.2) is 0 Å². The Balaban J connectivity index is 0.000000229. The molecule has 0 bridgehead atoms. The Morgan fingerprint density at radius 1 is 0.855 bits per heavy atom. The molecule has 2 aliphatic carbocycles. The molecule has 2 N–H and O–H groups in total. The van der Waals surface area contributed by atoms with Gasteiger partial charge in [-0.05, 0) is 79.8 Å². The fourth-order valence-electron chi connectivity index (χ4n) is 11.3. The SMILES string of the molecule is CC1(C)CC(C)(C)C1Oc1ccc(C#N)c(Cl)c1.O=C1CCC(N2C(=O)c3ccc(N4CC5(CC(N6CCN(C(=O)c7ccc8c(c7)CNC8=O)CC6)C5)C4)cc3C2=O)C(=O)N1. The molecular weight excluding hydrogens is 810 g/mol. The Labute approximate surface area is 365 Å². The van der Waals surface area contributed by atoms with Crippen molar-refractivity contribution < 1.29 is 33.5 Å². The highest BCUT2D eigenvalue weighted by atomic mass is 35.5. The van der Waals surface area contributed by atoms with Crippen molar-refractivity contribution in [2.45, 2.75) is 84.5 Å². The number of anilines is 1. The fourth-order valence-corrected chi connectivity index (χ4v) is 11.5. The third-order valence-corrected chi connectivity index (χ3v) is 14.3. The number of nitrogens with zero attached hydrogens (tertiary/aromatic N) is 5. The van der Waals surface area contributed by atoms with Gasteiger partial charge < -0.3 is 19.9 Å². The van der Waals surface area contributed by atoms with E-state index in [9.17, 15) is 28.8 Å². The number of rotatable bonds is 6. The fraction of sp³-hybridized carbons (Fsp3) is 0.468. The first-order chi connectivity index (χ1) is 29.5. The number of benzene rings is 3. The van der Waals surface area contributed by atoms with Crippen molar-refractivity contribution >= 4 is 52.7 Å². The van der Waals surface area contributed by atoms with Crippen molar-refractivity contribution in [2.75, 3.05) is 44.2 Å². The Morgan fingerprint density at radius 2 is 1.55 bits per heavy atom. The zero-order valence-corrected chi connectivity index (χ0v) is 36.1. The van der Waals surface area contributed by atoms with Crippen molar-refractivity contribution in [1.82, 2.24) is 25.3 Å². The predicted molar refractivity (Wildman–Crippen MR) is 229 cm³/mol. The minimum absolute atomic E-state index is 0.0151. The molecule has 3 saturated heterocycles. The Kier molecular flexibility index (Phi) is 10.2. The van der Waals surface area contributed by atoms with E-state index in [0.29, 0.717) is 58.5 Å². The molecular formula is C47H50ClN7O7. The van der Waals surface area contributed by atoms with E-state index in [2.05, 4.69) is 48.1 Å². The normalized spacial score (nSPS) is 23.5. The Bertz CT molecular complexity index is 2460. The first-order valence-electron chi connectivity index (χ1n) is 21.4. The highest BCUT2D eigenvalue weighted by Gasteiger charge is 2.56. The summed E-state index contributed by atoms with van der Waals surface area (Å²) in [6.45, 7) is 14.1. The molecule has 14 nitrogen and oxygen atoms in total. The van der Waals surface area contributed by atoms with Crippen molar-refractivity contribution in [2.24, 2.45) is 16.2 Å². The zero-order chi connectivity index (χ0) is 43.9. The smallest absolute Gasteiger partial charge is 0.262 e. The lowest BCUT2D eigenvalue weighted by Crippen LogP contribution is -2.68. The van der Waals surface area contributed by atoms with Gasteiger partial charge in [-0.25, -0.2) is 0 Å². The molecule has 15 heteroatoms. The van der Waals surface area contributed by atoms with Crippen LogP contribution in [0.15, 0.2) is 54.6 Å². The van der Waals surface area contributed by atoms with Gasteiger partial charge in [0, 0.05) is 97.4 Å². The van der Waals surface area contributed by atoms with Crippen LogP contribution in [0, 0.1) is 27.6 Å². The van der Waals surface area contributed by atoms with Crippen LogP contribution in [0.5, 0.6) is 5.75 Å². The number of amides is 6. The molecule has 0 radical (unpaired) electrons. The number of nitriles is 1. The molecule has 1 spiro atoms. The maximum atomic E-state index is 13.2. The zero-order valence-electron chi connectivity index (χ0n) is 35.4.